The van der Waals surface area contributed by atoms with Crippen molar-refractivity contribution in [3.63, 3.8) is 0 Å². The van der Waals surface area contributed by atoms with E-state index in [0.717, 1.165) is 17.7 Å². The molecule has 0 bridgehead atoms. The molecule has 0 aliphatic heterocycles. The van der Waals surface area contributed by atoms with Crippen LogP contribution in [0.1, 0.15) is 18.2 Å². The Kier molecular flexibility index (Phi) is 3.76. The molecule has 0 N–H and O–H groups in total. The van der Waals surface area contributed by atoms with Gasteiger partial charge in [-0.2, -0.15) is 0 Å². The van der Waals surface area contributed by atoms with Crippen molar-refractivity contribution < 1.29 is 4.92 Å². The van der Waals surface area contributed by atoms with Crippen LogP contribution in [0.2, 0.25) is 5.15 Å². The molecule has 0 radical (unpaired) electrons. The van der Waals surface area contributed by atoms with E-state index in [-0.39, 0.29) is 5.69 Å². The summed E-state index contributed by atoms with van der Waals surface area (Å²) in [6.45, 7) is 3.87. The number of rotatable bonds is 3. The smallest absolute Gasteiger partial charge is 0.258 e. The molecule has 1 heterocycles. The van der Waals surface area contributed by atoms with E-state index < -0.39 is 4.92 Å². The number of non-ortho nitro benzene ring substituents is 1. The second-order valence-electron chi connectivity index (χ2n) is 4.07. The van der Waals surface area contributed by atoms with E-state index in [2.05, 4.69) is 9.97 Å². The van der Waals surface area contributed by atoms with Crippen molar-refractivity contribution in [3.8, 4) is 11.4 Å². The third-order valence-corrected chi connectivity index (χ3v) is 3.23. The molecule has 1 aromatic carbocycles. The lowest BCUT2D eigenvalue weighted by Crippen LogP contribution is -1.99. The molecule has 0 amide bonds. The van der Waals surface area contributed by atoms with E-state index in [1.807, 2.05) is 13.8 Å². The predicted molar refractivity (Wildman–Crippen MR) is 73.2 cm³/mol. The first-order chi connectivity index (χ1) is 9.02. The van der Waals surface area contributed by atoms with Gasteiger partial charge in [-0.25, -0.2) is 9.97 Å². The van der Waals surface area contributed by atoms with Crippen LogP contribution in [0.25, 0.3) is 11.4 Å². The zero-order valence-corrected chi connectivity index (χ0v) is 11.3. The SMILES string of the molecule is CCc1nc(-c2ccc([N+](=O)[O-])cc2)nc(Cl)c1C. The summed E-state index contributed by atoms with van der Waals surface area (Å²) in [4.78, 5) is 18.8. The number of hydrogen-bond acceptors (Lipinski definition) is 4. The highest BCUT2D eigenvalue weighted by Gasteiger charge is 2.11. The monoisotopic (exact) mass is 277 g/mol. The average molecular weight is 278 g/mol. The van der Waals surface area contributed by atoms with Crippen LogP contribution in [0.4, 0.5) is 5.69 Å². The fourth-order valence-corrected chi connectivity index (χ4v) is 1.93. The van der Waals surface area contributed by atoms with E-state index in [4.69, 9.17) is 11.6 Å². The van der Waals surface area contributed by atoms with Gasteiger partial charge in [0.2, 0.25) is 0 Å². The first-order valence-electron chi connectivity index (χ1n) is 5.80. The lowest BCUT2D eigenvalue weighted by molar-refractivity contribution is -0.384. The van der Waals surface area contributed by atoms with Gasteiger partial charge in [-0.3, -0.25) is 10.1 Å². The Morgan fingerprint density at radius 3 is 2.42 bits per heavy atom. The Labute approximate surface area is 115 Å². The van der Waals surface area contributed by atoms with Crippen LogP contribution < -0.4 is 0 Å². The van der Waals surface area contributed by atoms with Crippen molar-refractivity contribution in [1.29, 1.82) is 0 Å². The maximum atomic E-state index is 10.6. The zero-order chi connectivity index (χ0) is 14.0. The summed E-state index contributed by atoms with van der Waals surface area (Å²) in [7, 11) is 0. The largest absolute Gasteiger partial charge is 0.269 e. The van der Waals surface area contributed by atoms with Crippen molar-refractivity contribution in [2.24, 2.45) is 0 Å². The number of benzene rings is 1. The lowest BCUT2D eigenvalue weighted by Gasteiger charge is -2.07. The van der Waals surface area contributed by atoms with E-state index in [1.165, 1.54) is 12.1 Å². The highest BCUT2D eigenvalue weighted by molar-refractivity contribution is 6.30. The molecule has 2 aromatic rings. The second kappa shape index (κ2) is 5.32. The maximum absolute atomic E-state index is 10.6. The molecule has 6 heteroatoms. The molecule has 5 nitrogen and oxygen atoms in total. The van der Waals surface area contributed by atoms with E-state index >= 15 is 0 Å². The number of hydrogen-bond donors (Lipinski definition) is 0. The van der Waals surface area contributed by atoms with Crippen molar-refractivity contribution in [1.82, 2.24) is 9.97 Å². The molecule has 2 rings (SSSR count). The molecule has 0 saturated carbocycles. The van der Waals surface area contributed by atoms with Gasteiger partial charge < -0.3 is 0 Å². The van der Waals surface area contributed by atoms with Gasteiger partial charge in [0, 0.05) is 29.0 Å². The first kappa shape index (κ1) is 13.4. The minimum absolute atomic E-state index is 0.0395. The highest BCUT2D eigenvalue weighted by Crippen LogP contribution is 2.23. The number of nitrogens with zero attached hydrogens (tertiary/aromatic N) is 3. The number of halogens is 1. The van der Waals surface area contributed by atoms with Crippen LogP contribution >= 0.6 is 11.6 Å². The topological polar surface area (TPSA) is 68.9 Å². The molecule has 19 heavy (non-hydrogen) atoms. The quantitative estimate of drug-likeness (QED) is 0.488. The molecular weight excluding hydrogens is 266 g/mol. The summed E-state index contributed by atoms with van der Waals surface area (Å²) in [5, 5.41) is 11.0. The molecule has 0 fully saturated rings. The van der Waals surface area contributed by atoms with E-state index in [1.54, 1.807) is 12.1 Å². The highest BCUT2D eigenvalue weighted by atomic mass is 35.5. The van der Waals surface area contributed by atoms with Gasteiger partial charge in [0.15, 0.2) is 5.82 Å². The van der Waals surface area contributed by atoms with E-state index in [9.17, 15) is 10.1 Å². The summed E-state index contributed by atoms with van der Waals surface area (Å²) < 4.78 is 0. The summed E-state index contributed by atoms with van der Waals surface area (Å²) in [6, 6.07) is 6.10. The maximum Gasteiger partial charge on any atom is 0.269 e. The van der Waals surface area contributed by atoms with Gasteiger partial charge >= 0.3 is 0 Å². The van der Waals surface area contributed by atoms with Crippen LogP contribution in [-0.4, -0.2) is 14.9 Å². The standard InChI is InChI=1S/C13H12ClN3O2/c1-3-11-8(2)12(14)16-13(15-11)9-4-6-10(7-5-9)17(18)19/h4-7H,3H2,1-2H3. The number of aryl methyl sites for hydroxylation is 1. The summed E-state index contributed by atoms with van der Waals surface area (Å²) in [6.07, 6.45) is 0.758. The Hall–Kier alpha value is -2.01. The van der Waals surface area contributed by atoms with Crippen LogP contribution in [0.3, 0.4) is 0 Å². The van der Waals surface area contributed by atoms with Gasteiger partial charge in [0.05, 0.1) is 4.92 Å². The van der Waals surface area contributed by atoms with E-state index in [0.29, 0.717) is 16.5 Å². The molecule has 0 unspecified atom stereocenters. The Balaban J connectivity index is 2.47. The summed E-state index contributed by atoms with van der Waals surface area (Å²) in [5.74, 6) is 0.488. The fraction of sp³-hybridized carbons (Fsp3) is 0.231. The molecular formula is C13H12ClN3O2. The second-order valence-corrected chi connectivity index (χ2v) is 4.43. The predicted octanol–water partition coefficient (Wildman–Crippen LogP) is 3.58. The van der Waals surface area contributed by atoms with Crippen molar-refractivity contribution >= 4 is 17.3 Å². The third kappa shape index (κ3) is 2.71. The van der Waals surface area contributed by atoms with Crippen LogP contribution in [0.15, 0.2) is 24.3 Å². The number of nitro groups is 1. The molecule has 98 valence electrons. The minimum atomic E-state index is -0.440. The third-order valence-electron chi connectivity index (χ3n) is 2.86. The van der Waals surface area contributed by atoms with Crippen LogP contribution in [0.5, 0.6) is 0 Å². The van der Waals surface area contributed by atoms with Crippen LogP contribution in [0, 0.1) is 17.0 Å². The van der Waals surface area contributed by atoms with Gasteiger partial charge in [0.1, 0.15) is 5.15 Å². The molecule has 1 aromatic heterocycles. The molecule has 0 saturated heterocycles. The lowest BCUT2D eigenvalue weighted by atomic mass is 10.1. The Bertz CT molecular complexity index is 627. The molecule has 0 aliphatic rings. The van der Waals surface area contributed by atoms with Crippen LogP contribution in [-0.2, 0) is 6.42 Å². The van der Waals surface area contributed by atoms with Gasteiger partial charge in [-0.05, 0) is 25.5 Å². The Morgan fingerprint density at radius 1 is 1.26 bits per heavy atom. The summed E-state index contributed by atoms with van der Waals surface area (Å²) >= 11 is 6.07. The summed E-state index contributed by atoms with van der Waals surface area (Å²) in [5.41, 5.74) is 2.50. The van der Waals surface area contributed by atoms with Gasteiger partial charge in [-0.1, -0.05) is 18.5 Å². The number of aromatic nitrogens is 2. The molecule has 0 atom stereocenters. The van der Waals surface area contributed by atoms with Crippen molar-refractivity contribution in [2.75, 3.05) is 0 Å². The fourth-order valence-electron chi connectivity index (χ4n) is 1.74. The minimum Gasteiger partial charge on any atom is -0.258 e. The zero-order valence-electron chi connectivity index (χ0n) is 10.6. The average Bonchev–Trinajstić information content (AvgIpc) is 2.41. The van der Waals surface area contributed by atoms with Crippen molar-refractivity contribution in [3.05, 3.63) is 50.8 Å². The van der Waals surface area contributed by atoms with Gasteiger partial charge in [0.25, 0.3) is 5.69 Å². The van der Waals surface area contributed by atoms with Gasteiger partial charge in [-0.15, -0.1) is 0 Å². The normalized spacial score (nSPS) is 10.5. The first-order valence-corrected chi connectivity index (χ1v) is 6.18. The Morgan fingerprint density at radius 2 is 1.89 bits per heavy atom. The van der Waals surface area contributed by atoms with Crippen molar-refractivity contribution in [2.45, 2.75) is 20.3 Å². The molecule has 0 aliphatic carbocycles. The molecule has 0 spiro atoms. The number of nitro benzene ring substituents is 1.